The summed E-state index contributed by atoms with van der Waals surface area (Å²) in [7, 11) is -6.26. The zero-order valence-electron chi connectivity index (χ0n) is 18.3. The maximum Gasteiger partial charge on any atom is 0.416 e. The van der Waals surface area contributed by atoms with Gasteiger partial charge in [-0.3, -0.25) is 0 Å². The molecular formula is C24H26F3NO2SSi. The first-order valence-corrected chi connectivity index (χ1v) is 15.6. The second-order valence-electron chi connectivity index (χ2n) is 9.29. The van der Waals surface area contributed by atoms with Crippen LogP contribution in [0.4, 0.5) is 13.2 Å². The number of nitrogens with zero attached hydrogens (tertiary/aromatic N) is 1. The van der Waals surface area contributed by atoms with Gasteiger partial charge in [0.05, 0.1) is 24.0 Å². The van der Waals surface area contributed by atoms with E-state index in [4.69, 9.17) is 0 Å². The number of aromatic nitrogens is 1. The molecule has 1 aliphatic rings. The first-order chi connectivity index (χ1) is 14.9. The standard InChI is InChI=1S/C24H26F3NO2SSi/c1-32(2,3)23-20-16-18(24(25,26)27)14-15-21(20)28(22(23)17-10-6-4-7-11-17)31(29,30)19-12-8-5-9-13-19/h5-6,8-10,12-17H,4,7,11H2,1-3H3. The third kappa shape index (κ3) is 3.94. The van der Waals surface area contributed by atoms with Crippen molar-refractivity contribution in [2.24, 2.45) is 0 Å². The molecule has 3 aromatic rings. The van der Waals surface area contributed by atoms with Gasteiger partial charge in [-0.15, -0.1) is 0 Å². The van der Waals surface area contributed by atoms with Crippen molar-refractivity contribution in [3.63, 3.8) is 0 Å². The molecule has 1 unspecified atom stereocenters. The van der Waals surface area contributed by atoms with Crippen LogP contribution < -0.4 is 5.19 Å². The van der Waals surface area contributed by atoms with Crippen LogP contribution in [-0.4, -0.2) is 20.5 Å². The molecule has 0 spiro atoms. The molecule has 4 rings (SSSR count). The maximum atomic E-state index is 13.9. The van der Waals surface area contributed by atoms with Crippen molar-refractivity contribution in [2.75, 3.05) is 0 Å². The molecule has 1 aliphatic carbocycles. The molecule has 170 valence electrons. The lowest BCUT2D eigenvalue weighted by atomic mass is 9.93. The molecule has 32 heavy (non-hydrogen) atoms. The number of halogens is 3. The van der Waals surface area contributed by atoms with Crippen LogP contribution in [0.25, 0.3) is 10.9 Å². The molecule has 0 N–H and O–H groups in total. The van der Waals surface area contributed by atoms with Gasteiger partial charge in [0.1, 0.15) is 0 Å². The summed E-state index contributed by atoms with van der Waals surface area (Å²) in [5, 5.41) is 1.18. The average Bonchev–Trinajstić information content (AvgIpc) is 3.10. The minimum atomic E-state index is -4.50. The number of hydrogen-bond acceptors (Lipinski definition) is 2. The number of fused-ring (bicyclic) bond motifs is 1. The SMILES string of the molecule is C[Si](C)(C)c1c(C2C=CCCC2)n(S(=O)(=O)c2ccccc2)c2ccc(C(F)(F)F)cc12. The van der Waals surface area contributed by atoms with Gasteiger partial charge in [0.25, 0.3) is 10.0 Å². The zero-order chi connectivity index (χ0) is 23.3. The van der Waals surface area contributed by atoms with Gasteiger partial charge in [-0.1, -0.05) is 50.0 Å². The Labute approximate surface area is 187 Å². The summed E-state index contributed by atoms with van der Waals surface area (Å²) in [6, 6.07) is 11.5. The molecule has 0 saturated heterocycles. The van der Waals surface area contributed by atoms with Crippen molar-refractivity contribution >= 4 is 34.2 Å². The third-order valence-corrected chi connectivity index (χ3v) is 9.69. The van der Waals surface area contributed by atoms with Crippen LogP contribution in [0.2, 0.25) is 19.6 Å². The Bertz CT molecular complexity index is 1290. The number of allylic oxidation sites excluding steroid dienone is 2. The summed E-state index contributed by atoms with van der Waals surface area (Å²) >= 11 is 0. The van der Waals surface area contributed by atoms with E-state index in [1.165, 1.54) is 22.2 Å². The molecule has 0 fully saturated rings. The molecule has 0 bridgehead atoms. The molecular weight excluding hydrogens is 451 g/mol. The summed E-state index contributed by atoms with van der Waals surface area (Å²) in [4.78, 5) is 0.125. The van der Waals surface area contributed by atoms with Crippen LogP contribution in [0.1, 0.15) is 36.4 Å². The topological polar surface area (TPSA) is 39.1 Å². The predicted octanol–water partition coefficient (Wildman–Crippen LogP) is 6.27. The Morgan fingerprint density at radius 1 is 1.03 bits per heavy atom. The fourth-order valence-electron chi connectivity index (χ4n) is 4.58. The quantitative estimate of drug-likeness (QED) is 0.328. The van der Waals surface area contributed by atoms with Crippen molar-refractivity contribution < 1.29 is 21.6 Å². The Hall–Kier alpha value is -2.32. The van der Waals surface area contributed by atoms with E-state index in [0.29, 0.717) is 16.6 Å². The molecule has 8 heteroatoms. The molecule has 0 amide bonds. The number of rotatable bonds is 4. The van der Waals surface area contributed by atoms with Crippen LogP contribution in [0.5, 0.6) is 0 Å². The minimum absolute atomic E-state index is 0.125. The highest BCUT2D eigenvalue weighted by Crippen LogP contribution is 2.38. The largest absolute Gasteiger partial charge is 0.416 e. The molecule has 1 aromatic heterocycles. The van der Waals surface area contributed by atoms with Gasteiger partial charge in [0, 0.05) is 17.0 Å². The summed E-state index contributed by atoms with van der Waals surface area (Å²) in [6.45, 7) is 6.16. The Morgan fingerprint density at radius 3 is 2.28 bits per heavy atom. The van der Waals surface area contributed by atoms with Crippen molar-refractivity contribution in [2.45, 2.75) is 55.9 Å². The Morgan fingerprint density at radius 2 is 1.72 bits per heavy atom. The molecule has 0 saturated carbocycles. The third-order valence-electron chi connectivity index (χ3n) is 5.92. The zero-order valence-corrected chi connectivity index (χ0v) is 20.1. The first kappa shape index (κ1) is 22.9. The minimum Gasteiger partial charge on any atom is -0.238 e. The summed E-state index contributed by atoms with van der Waals surface area (Å²) in [5.41, 5.74) is 0.177. The van der Waals surface area contributed by atoms with E-state index in [0.717, 1.165) is 36.6 Å². The number of benzene rings is 2. The van der Waals surface area contributed by atoms with Gasteiger partial charge >= 0.3 is 6.18 Å². The molecule has 3 nitrogen and oxygen atoms in total. The predicted molar refractivity (Wildman–Crippen MR) is 125 cm³/mol. The molecule has 0 aliphatic heterocycles. The Kier molecular flexibility index (Phi) is 5.65. The maximum absolute atomic E-state index is 13.9. The van der Waals surface area contributed by atoms with Crippen molar-refractivity contribution in [1.29, 1.82) is 0 Å². The molecule has 0 radical (unpaired) electrons. The van der Waals surface area contributed by atoms with Gasteiger partial charge in [-0.05, 0) is 54.8 Å². The van der Waals surface area contributed by atoms with E-state index in [2.05, 4.69) is 19.6 Å². The van der Waals surface area contributed by atoms with E-state index in [1.807, 2.05) is 12.2 Å². The van der Waals surface area contributed by atoms with Crippen LogP contribution in [-0.2, 0) is 16.2 Å². The first-order valence-electron chi connectivity index (χ1n) is 10.7. The van der Waals surface area contributed by atoms with Crippen LogP contribution in [0.3, 0.4) is 0 Å². The van der Waals surface area contributed by atoms with Crippen LogP contribution >= 0.6 is 0 Å². The summed E-state index contributed by atoms with van der Waals surface area (Å²) in [6.07, 6.45) is 2.15. The Balaban J connectivity index is 2.17. The van der Waals surface area contributed by atoms with Crippen molar-refractivity contribution in [1.82, 2.24) is 3.97 Å². The van der Waals surface area contributed by atoms with Crippen LogP contribution in [0, 0.1) is 0 Å². The lowest BCUT2D eigenvalue weighted by molar-refractivity contribution is -0.137. The van der Waals surface area contributed by atoms with E-state index in [-0.39, 0.29) is 10.8 Å². The molecule has 1 atom stereocenters. The van der Waals surface area contributed by atoms with Gasteiger partial charge in [-0.25, -0.2) is 12.4 Å². The van der Waals surface area contributed by atoms with Gasteiger partial charge in [-0.2, -0.15) is 13.2 Å². The van der Waals surface area contributed by atoms with Crippen LogP contribution in [0.15, 0.2) is 65.6 Å². The van der Waals surface area contributed by atoms with E-state index >= 15 is 0 Å². The fourth-order valence-corrected chi connectivity index (χ4v) is 8.35. The van der Waals surface area contributed by atoms with Gasteiger partial charge < -0.3 is 0 Å². The second kappa shape index (κ2) is 7.92. The second-order valence-corrected chi connectivity index (χ2v) is 16.1. The number of alkyl halides is 3. The van der Waals surface area contributed by atoms with Gasteiger partial charge in [0.15, 0.2) is 0 Å². The molecule has 1 heterocycles. The average molecular weight is 478 g/mol. The monoisotopic (exact) mass is 477 g/mol. The highest BCUT2D eigenvalue weighted by atomic mass is 32.2. The van der Waals surface area contributed by atoms with Crippen molar-refractivity contribution in [3.8, 4) is 0 Å². The summed E-state index contributed by atoms with van der Waals surface area (Å²) < 4.78 is 69.8. The van der Waals surface area contributed by atoms with E-state index in [1.54, 1.807) is 18.2 Å². The fraction of sp³-hybridized carbons (Fsp3) is 0.333. The summed E-state index contributed by atoms with van der Waals surface area (Å²) in [5.74, 6) is -0.161. The van der Waals surface area contributed by atoms with Gasteiger partial charge in [0.2, 0.25) is 0 Å². The highest BCUT2D eigenvalue weighted by Gasteiger charge is 2.37. The molecule has 2 aromatic carbocycles. The smallest absolute Gasteiger partial charge is 0.238 e. The normalized spacial score (nSPS) is 17.8. The van der Waals surface area contributed by atoms with E-state index in [9.17, 15) is 21.6 Å². The van der Waals surface area contributed by atoms with Crippen molar-refractivity contribution in [3.05, 3.63) is 71.9 Å². The number of hydrogen-bond donors (Lipinski definition) is 0. The lowest BCUT2D eigenvalue weighted by Crippen LogP contribution is -2.41. The highest BCUT2D eigenvalue weighted by molar-refractivity contribution is 7.90. The lowest BCUT2D eigenvalue weighted by Gasteiger charge is -2.25. The van der Waals surface area contributed by atoms with E-state index < -0.39 is 29.8 Å².